The van der Waals surface area contributed by atoms with Crippen LogP contribution in [0.1, 0.15) is 233 Å². The molecule has 612 valence electrons. The van der Waals surface area contributed by atoms with E-state index in [4.69, 9.17) is 0 Å². The fourth-order valence-electron chi connectivity index (χ4n) is 14.6. The summed E-state index contributed by atoms with van der Waals surface area (Å²) in [5.41, 5.74) is 33.2. The van der Waals surface area contributed by atoms with Crippen molar-refractivity contribution in [1.29, 1.82) is 0 Å². The first-order chi connectivity index (χ1) is 55.6. The van der Waals surface area contributed by atoms with E-state index in [1.165, 1.54) is 176 Å². The van der Waals surface area contributed by atoms with Crippen LogP contribution in [-0.2, 0) is 41.0 Å². The zero-order valence-corrected chi connectivity index (χ0v) is 78.3. The molecule has 2 aliphatic rings. The molecular weight excluding hydrogens is 1380 g/mol. The highest BCUT2D eigenvalue weighted by atomic mass is 15.0. The van der Waals surface area contributed by atoms with Crippen molar-refractivity contribution in [2.45, 2.75) is 234 Å². The van der Waals surface area contributed by atoms with Crippen LogP contribution >= 0.6 is 0 Å². The van der Waals surface area contributed by atoms with Gasteiger partial charge in [0, 0.05) is 110 Å². The maximum atomic E-state index is 2.31. The molecule has 0 radical (unpaired) electrons. The molecule has 0 atom stereocenters. The van der Waals surface area contributed by atoms with E-state index in [0.29, 0.717) is 0 Å². The topological polar surface area (TPSA) is 19.7 Å². The summed E-state index contributed by atoms with van der Waals surface area (Å²) in [4.78, 5) is 0. The summed E-state index contributed by atoms with van der Waals surface area (Å²) in [6.07, 6.45) is 2.21. The number of rotatable bonds is 0. The molecule has 0 saturated heterocycles. The summed E-state index contributed by atoms with van der Waals surface area (Å²) in [6, 6.07) is 87.1. The summed E-state index contributed by atoms with van der Waals surface area (Å²) < 4.78 is 9.06. The van der Waals surface area contributed by atoms with Gasteiger partial charge in [0.05, 0.1) is 5.52 Å². The molecule has 4 nitrogen and oxygen atoms in total. The van der Waals surface area contributed by atoms with Crippen LogP contribution in [0.3, 0.4) is 0 Å². The van der Waals surface area contributed by atoms with E-state index in [-0.39, 0.29) is 0 Å². The van der Waals surface area contributed by atoms with E-state index in [2.05, 4.69) is 345 Å². The molecule has 0 saturated carbocycles. The van der Waals surface area contributed by atoms with Crippen molar-refractivity contribution in [3.63, 3.8) is 0 Å². The number of para-hydroxylation sites is 5. The Hall–Kier alpha value is -10.2. The van der Waals surface area contributed by atoms with Gasteiger partial charge in [-0.05, 0) is 195 Å². The van der Waals surface area contributed by atoms with Crippen LogP contribution in [0.25, 0.3) is 109 Å². The molecule has 0 fully saturated rings. The van der Waals surface area contributed by atoms with Crippen LogP contribution in [0.15, 0.2) is 243 Å². The Morgan fingerprint density at radius 3 is 0.991 bits per heavy atom. The Kier molecular flexibility index (Phi) is 48.7. The van der Waals surface area contributed by atoms with Gasteiger partial charge in [0.1, 0.15) is 0 Å². The molecule has 4 aromatic heterocycles. The number of hydrogen-bond donors (Lipinski definition) is 0. The van der Waals surface area contributed by atoms with Gasteiger partial charge in [0.2, 0.25) is 0 Å². The number of fused-ring (bicyclic) bond motifs is 18. The van der Waals surface area contributed by atoms with Crippen molar-refractivity contribution in [2.24, 2.45) is 28.2 Å². The maximum absolute atomic E-state index is 2.31. The standard InChI is InChI=1S/2C15H14.4C14H13N.12C2H6/c1-10-5-3-7-12-9-13-8-4-6-11(2)15(13)14(10)12;1-10-6-7-12-9-13-5-3-4-11(2)15(13)14(12)8-10;1-10-6-5-8-12-11-7-3-4-9-13(11)15(2)14(10)12;1-10-6-5-9-13-14(10)11-7-3-4-8-12(11)15(13)2;1-10-7-8-14-12(9-10)11-5-3-4-6-13(11)15(14)2;1-10-7-8-12-11-5-3-4-6-13(11)15(2)14(12)9-10;12*1-2/h2*3-8H,9H2,1-2H3;4*3-9H,1-2H3;12*1-2H3. The lowest BCUT2D eigenvalue weighted by Gasteiger charge is -2.07. The molecule has 4 heteroatoms. The normalized spacial score (nSPS) is 9.86. The number of hydrogen-bond acceptors (Lipinski definition) is 0. The van der Waals surface area contributed by atoms with Gasteiger partial charge >= 0.3 is 0 Å². The van der Waals surface area contributed by atoms with Crippen LogP contribution in [0.5, 0.6) is 0 Å². The van der Waals surface area contributed by atoms with Gasteiger partial charge < -0.3 is 18.3 Å². The molecule has 0 bridgehead atoms. The molecule has 0 aliphatic heterocycles. The average molecular weight is 1530 g/mol. The van der Waals surface area contributed by atoms with Crippen molar-refractivity contribution in [3.8, 4) is 22.3 Å². The monoisotopic (exact) mass is 1530 g/mol. The third-order valence-electron chi connectivity index (χ3n) is 19.0. The number of aromatic nitrogens is 4. The Labute approximate surface area is 695 Å². The van der Waals surface area contributed by atoms with Crippen molar-refractivity contribution in [1.82, 2.24) is 18.3 Å². The zero-order valence-electron chi connectivity index (χ0n) is 78.3. The van der Waals surface area contributed by atoms with Gasteiger partial charge in [-0.1, -0.05) is 371 Å². The van der Waals surface area contributed by atoms with Crippen molar-refractivity contribution in [3.05, 3.63) is 309 Å². The molecular formula is C110H152N4. The molecule has 16 aromatic rings. The Morgan fingerprint density at radius 2 is 0.491 bits per heavy atom. The van der Waals surface area contributed by atoms with Crippen LogP contribution in [0, 0.1) is 55.4 Å². The van der Waals surface area contributed by atoms with E-state index < -0.39 is 0 Å². The van der Waals surface area contributed by atoms with E-state index in [1.54, 1.807) is 0 Å². The second-order valence-electron chi connectivity index (χ2n) is 25.1. The van der Waals surface area contributed by atoms with Crippen molar-refractivity contribution >= 4 is 87.2 Å². The van der Waals surface area contributed by atoms with E-state index in [9.17, 15) is 0 Å². The first-order valence-electron chi connectivity index (χ1n) is 43.7. The lowest BCUT2D eigenvalue weighted by atomic mass is 9.97. The minimum atomic E-state index is 1.10. The van der Waals surface area contributed by atoms with Crippen LogP contribution < -0.4 is 0 Å². The van der Waals surface area contributed by atoms with Gasteiger partial charge in [-0.3, -0.25) is 0 Å². The molecule has 18 rings (SSSR count). The van der Waals surface area contributed by atoms with Gasteiger partial charge in [0.15, 0.2) is 0 Å². The fourth-order valence-corrected chi connectivity index (χ4v) is 14.6. The smallest absolute Gasteiger partial charge is 0.0518 e. The van der Waals surface area contributed by atoms with E-state index in [0.717, 1.165) is 12.8 Å². The average Bonchev–Trinajstić information content (AvgIpc) is 1.66. The summed E-state index contributed by atoms with van der Waals surface area (Å²) in [6.45, 7) is 65.4. The third-order valence-corrected chi connectivity index (χ3v) is 19.0. The van der Waals surface area contributed by atoms with E-state index in [1.807, 2.05) is 166 Å². The molecule has 114 heavy (non-hydrogen) atoms. The second-order valence-corrected chi connectivity index (χ2v) is 25.1. The molecule has 0 N–H and O–H groups in total. The van der Waals surface area contributed by atoms with Crippen molar-refractivity contribution in [2.75, 3.05) is 0 Å². The summed E-state index contributed by atoms with van der Waals surface area (Å²) in [5, 5.41) is 10.8. The minimum Gasteiger partial charge on any atom is -0.344 e. The van der Waals surface area contributed by atoms with Crippen LogP contribution in [0.4, 0.5) is 0 Å². The number of benzene rings is 12. The van der Waals surface area contributed by atoms with Crippen LogP contribution in [-0.4, -0.2) is 18.3 Å². The summed E-state index contributed by atoms with van der Waals surface area (Å²) in [5.74, 6) is 0. The lowest BCUT2D eigenvalue weighted by Crippen LogP contribution is -1.88. The predicted molar refractivity (Wildman–Crippen MR) is 525 cm³/mol. The van der Waals surface area contributed by atoms with Gasteiger partial charge in [0.25, 0.3) is 0 Å². The Morgan fingerprint density at radius 1 is 0.193 bits per heavy atom. The second kappa shape index (κ2) is 54.5. The first kappa shape index (κ1) is 102. The van der Waals surface area contributed by atoms with Gasteiger partial charge in [-0.15, -0.1) is 0 Å². The van der Waals surface area contributed by atoms with Crippen molar-refractivity contribution < 1.29 is 0 Å². The molecule has 0 spiro atoms. The highest BCUT2D eigenvalue weighted by Gasteiger charge is 2.22. The third kappa shape index (κ3) is 24.2. The molecule has 0 amide bonds. The SMILES string of the molecule is CC.CC.CC.CC.CC.CC.CC.CC.CC.CC.CC.CC.Cc1ccc2c(c1)-c1c(C)cccc1C2.Cc1ccc2c(c1)c1ccccc1n2C.Cc1ccc2c3ccccc3n(C)c2c1.Cc1cccc2c1-c1c(C)cccc1C2.Cc1cccc2c1c1ccccc1n2C.Cc1cccc2c3ccccc3n(C)c12. The van der Waals surface area contributed by atoms with Gasteiger partial charge in [-0.2, -0.15) is 0 Å². The maximum Gasteiger partial charge on any atom is 0.0518 e. The molecule has 0 unspecified atom stereocenters. The number of aryl methyl sites for hydroxylation is 12. The fraction of sp³-hybridized carbons (Fsp3) is 0.345. The predicted octanol–water partition coefficient (Wildman–Crippen LogP) is 34.6. The number of nitrogens with zero attached hydrogens (tertiary/aromatic N) is 4. The first-order valence-corrected chi connectivity index (χ1v) is 43.7. The summed E-state index contributed by atoms with van der Waals surface area (Å²) in [7, 11) is 8.52. The molecule has 2 aliphatic carbocycles. The minimum absolute atomic E-state index is 1.10. The van der Waals surface area contributed by atoms with Gasteiger partial charge in [-0.25, -0.2) is 0 Å². The highest BCUT2D eigenvalue weighted by Crippen LogP contribution is 2.42. The molecule has 4 heterocycles. The largest absolute Gasteiger partial charge is 0.344 e. The summed E-state index contributed by atoms with van der Waals surface area (Å²) >= 11 is 0. The van der Waals surface area contributed by atoms with E-state index >= 15 is 0 Å². The molecule has 12 aromatic carbocycles. The zero-order chi connectivity index (χ0) is 86.5. The highest BCUT2D eigenvalue weighted by molar-refractivity contribution is 6.11. The quantitative estimate of drug-likeness (QED) is 0.144. The Balaban J connectivity index is 0.000000648. The Bertz CT molecular complexity index is 5320. The van der Waals surface area contributed by atoms with Crippen LogP contribution in [0.2, 0.25) is 0 Å². The lowest BCUT2D eigenvalue weighted by molar-refractivity contribution is 1.01.